The molecule has 10 heteroatoms. The monoisotopic (exact) mass is 503 g/mol. The molecule has 2 saturated heterocycles. The van der Waals surface area contributed by atoms with Gasteiger partial charge in [0, 0.05) is 43.9 Å². The highest BCUT2D eigenvalue weighted by molar-refractivity contribution is 5.75. The lowest BCUT2D eigenvalue weighted by molar-refractivity contribution is -0.128. The number of aromatic nitrogens is 3. The number of hydrogen-bond donors (Lipinski definition) is 0. The SMILES string of the molecule is CN(C(=O)OC(C)(C)C)[C@H]1CN(c2ncnc3c2C2(CCC2)CN3c2cc(C#N)ccn2)CC12COC2. The van der Waals surface area contributed by atoms with Crippen molar-refractivity contribution in [2.75, 3.05) is 49.7 Å². The summed E-state index contributed by atoms with van der Waals surface area (Å²) in [5, 5.41) is 9.42. The van der Waals surface area contributed by atoms with Crippen LogP contribution in [0.25, 0.3) is 0 Å². The van der Waals surface area contributed by atoms with Crippen LogP contribution in [0.5, 0.6) is 0 Å². The Bertz CT molecular complexity index is 1280. The van der Waals surface area contributed by atoms with Gasteiger partial charge in [0.1, 0.15) is 29.4 Å². The lowest BCUT2D eigenvalue weighted by Crippen LogP contribution is -2.58. The Kier molecular flexibility index (Phi) is 5.35. The fourth-order valence-electron chi connectivity index (χ4n) is 6.34. The Balaban J connectivity index is 1.35. The topological polar surface area (TPSA) is 108 Å². The van der Waals surface area contributed by atoms with E-state index in [1.807, 2.05) is 33.9 Å². The van der Waals surface area contributed by atoms with Gasteiger partial charge < -0.3 is 24.2 Å². The van der Waals surface area contributed by atoms with Crippen LogP contribution in [-0.2, 0) is 14.9 Å². The Hall–Kier alpha value is -3.45. The molecule has 0 radical (unpaired) electrons. The van der Waals surface area contributed by atoms with Crippen LogP contribution in [0, 0.1) is 16.7 Å². The molecule has 1 saturated carbocycles. The highest BCUT2D eigenvalue weighted by Crippen LogP contribution is 2.57. The number of anilines is 3. The van der Waals surface area contributed by atoms with Crippen molar-refractivity contribution in [2.24, 2.45) is 5.41 Å². The fraction of sp³-hybridized carbons (Fsp3) is 0.593. The fourth-order valence-corrected chi connectivity index (χ4v) is 6.34. The Morgan fingerprint density at radius 1 is 1.22 bits per heavy atom. The number of likely N-dealkylation sites (N-methyl/N-ethyl adjacent to an activating group) is 1. The van der Waals surface area contributed by atoms with Crippen molar-refractivity contribution in [1.29, 1.82) is 5.26 Å². The number of nitriles is 1. The van der Waals surface area contributed by atoms with E-state index < -0.39 is 5.60 Å². The molecule has 1 atom stereocenters. The first-order chi connectivity index (χ1) is 17.6. The summed E-state index contributed by atoms with van der Waals surface area (Å²) >= 11 is 0. The van der Waals surface area contributed by atoms with E-state index in [2.05, 4.69) is 20.9 Å². The molecular weight excluding hydrogens is 470 g/mol. The third-order valence-corrected chi connectivity index (χ3v) is 8.35. The minimum Gasteiger partial charge on any atom is -0.444 e. The van der Waals surface area contributed by atoms with Gasteiger partial charge in [0.15, 0.2) is 0 Å². The van der Waals surface area contributed by atoms with E-state index >= 15 is 0 Å². The van der Waals surface area contributed by atoms with E-state index in [1.54, 1.807) is 23.5 Å². The number of rotatable bonds is 3. The number of ether oxygens (including phenoxy) is 2. The molecule has 1 amide bonds. The first kappa shape index (κ1) is 23.9. The second kappa shape index (κ2) is 8.28. The van der Waals surface area contributed by atoms with E-state index in [9.17, 15) is 10.1 Å². The van der Waals surface area contributed by atoms with Crippen molar-refractivity contribution in [3.05, 3.63) is 35.8 Å². The summed E-state index contributed by atoms with van der Waals surface area (Å²) in [6.07, 6.45) is 6.29. The summed E-state index contributed by atoms with van der Waals surface area (Å²) in [7, 11) is 1.83. The first-order valence-electron chi connectivity index (χ1n) is 12.9. The maximum absolute atomic E-state index is 13.0. The maximum Gasteiger partial charge on any atom is 0.410 e. The third-order valence-electron chi connectivity index (χ3n) is 8.35. The average molecular weight is 504 g/mol. The predicted molar refractivity (Wildman–Crippen MR) is 137 cm³/mol. The van der Waals surface area contributed by atoms with Crippen molar-refractivity contribution < 1.29 is 14.3 Å². The quantitative estimate of drug-likeness (QED) is 0.623. The normalized spacial score (nSPS) is 22.8. The second-order valence-corrected chi connectivity index (χ2v) is 12.0. The third kappa shape index (κ3) is 3.79. The van der Waals surface area contributed by atoms with Gasteiger partial charge in [0.2, 0.25) is 0 Å². The zero-order valence-electron chi connectivity index (χ0n) is 21.9. The van der Waals surface area contributed by atoms with Gasteiger partial charge >= 0.3 is 6.09 Å². The Labute approximate surface area is 217 Å². The van der Waals surface area contributed by atoms with Crippen LogP contribution in [0.15, 0.2) is 24.7 Å². The molecule has 10 nitrogen and oxygen atoms in total. The van der Waals surface area contributed by atoms with Crippen LogP contribution < -0.4 is 9.80 Å². The molecule has 2 spiro atoms. The van der Waals surface area contributed by atoms with Crippen LogP contribution in [0.4, 0.5) is 22.2 Å². The van der Waals surface area contributed by atoms with Crippen LogP contribution in [0.2, 0.25) is 0 Å². The lowest BCUT2D eigenvalue weighted by atomic mass is 9.66. The molecule has 0 N–H and O–H groups in total. The van der Waals surface area contributed by atoms with Gasteiger partial charge in [-0.3, -0.25) is 0 Å². The highest BCUT2D eigenvalue weighted by atomic mass is 16.6. The minimum absolute atomic E-state index is 0.0331. The van der Waals surface area contributed by atoms with E-state index in [-0.39, 0.29) is 23.0 Å². The van der Waals surface area contributed by atoms with Gasteiger partial charge in [-0.2, -0.15) is 5.26 Å². The number of carbonyl (C=O) groups is 1. The van der Waals surface area contributed by atoms with Crippen LogP contribution in [0.1, 0.15) is 51.2 Å². The molecule has 194 valence electrons. The van der Waals surface area contributed by atoms with Crippen LogP contribution >= 0.6 is 0 Å². The molecule has 0 bridgehead atoms. The molecule has 2 aromatic heterocycles. The van der Waals surface area contributed by atoms with E-state index in [0.29, 0.717) is 25.3 Å². The smallest absolute Gasteiger partial charge is 0.410 e. The zero-order valence-corrected chi connectivity index (χ0v) is 21.9. The van der Waals surface area contributed by atoms with E-state index in [1.165, 1.54) is 5.56 Å². The van der Waals surface area contributed by atoms with Gasteiger partial charge in [0.25, 0.3) is 0 Å². The summed E-state index contributed by atoms with van der Waals surface area (Å²) in [6, 6.07) is 5.71. The number of hydrogen-bond acceptors (Lipinski definition) is 9. The molecule has 3 aliphatic heterocycles. The van der Waals surface area contributed by atoms with Crippen molar-refractivity contribution in [2.45, 2.75) is 57.1 Å². The number of carbonyl (C=O) groups excluding carboxylic acids is 1. The Morgan fingerprint density at radius 2 is 1.97 bits per heavy atom. The number of nitrogens with zero attached hydrogens (tertiary/aromatic N) is 7. The molecule has 1 aliphatic carbocycles. The summed E-state index contributed by atoms with van der Waals surface area (Å²) in [6.45, 7) is 9.06. The standard InChI is InChI=1S/C27H33N7O3/c1-25(2,3)37-24(35)32(4)19-12-33(13-27(19)15-36-16-27)22-21-23(31-17-30-22)34(14-26(21)7-5-8-26)20-10-18(11-28)6-9-29-20/h6,9-10,17,19H,5,7-8,12-16H2,1-4H3/t19-/m0/s1. The number of amides is 1. The van der Waals surface area contributed by atoms with E-state index in [0.717, 1.165) is 49.8 Å². The Morgan fingerprint density at radius 3 is 2.59 bits per heavy atom. The molecule has 3 fully saturated rings. The van der Waals surface area contributed by atoms with Gasteiger partial charge in [-0.1, -0.05) is 6.42 Å². The largest absolute Gasteiger partial charge is 0.444 e. The first-order valence-corrected chi connectivity index (χ1v) is 12.9. The predicted octanol–water partition coefficient (Wildman–Crippen LogP) is 3.39. The minimum atomic E-state index is -0.558. The molecule has 0 unspecified atom stereocenters. The molecule has 0 aromatic carbocycles. The highest BCUT2D eigenvalue weighted by Gasteiger charge is 2.57. The van der Waals surface area contributed by atoms with Crippen molar-refractivity contribution in [3.8, 4) is 6.07 Å². The zero-order chi connectivity index (χ0) is 26.0. The number of pyridine rings is 1. The van der Waals surface area contributed by atoms with Crippen molar-refractivity contribution in [3.63, 3.8) is 0 Å². The molecule has 5 heterocycles. The van der Waals surface area contributed by atoms with Gasteiger partial charge in [-0.15, -0.1) is 0 Å². The summed E-state index contributed by atoms with van der Waals surface area (Å²) in [4.78, 5) is 33.3. The summed E-state index contributed by atoms with van der Waals surface area (Å²) in [5.41, 5.74) is 1.000. The van der Waals surface area contributed by atoms with Gasteiger partial charge in [-0.25, -0.2) is 19.7 Å². The van der Waals surface area contributed by atoms with Crippen molar-refractivity contribution >= 4 is 23.5 Å². The van der Waals surface area contributed by atoms with Crippen LogP contribution in [-0.4, -0.2) is 77.5 Å². The van der Waals surface area contributed by atoms with E-state index in [4.69, 9.17) is 19.4 Å². The molecular formula is C27H33N7O3. The number of fused-ring (bicyclic) bond motifs is 2. The van der Waals surface area contributed by atoms with Gasteiger partial charge in [0.05, 0.1) is 36.3 Å². The maximum atomic E-state index is 13.0. The summed E-state index contributed by atoms with van der Waals surface area (Å²) < 4.78 is 11.4. The molecule has 37 heavy (non-hydrogen) atoms. The lowest BCUT2D eigenvalue weighted by Gasteiger charge is -2.45. The van der Waals surface area contributed by atoms with Crippen LogP contribution in [0.3, 0.4) is 0 Å². The average Bonchev–Trinajstić information content (AvgIpc) is 3.40. The molecule has 4 aliphatic rings. The van der Waals surface area contributed by atoms with Gasteiger partial charge in [-0.05, 0) is 45.7 Å². The second-order valence-electron chi connectivity index (χ2n) is 12.0. The molecule has 6 rings (SSSR count). The summed E-state index contributed by atoms with van der Waals surface area (Å²) in [5.74, 6) is 2.55. The van der Waals surface area contributed by atoms with Crippen molar-refractivity contribution in [1.82, 2.24) is 19.9 Å². The molecule has 2 aromatic rings.